The Hall–Kier alpha value is -0.790. The predicted octanol–water partition coefficient (Wildman–Crippen LogP) is 2.79. The monoisotopic (exact) mass is 208 g/mol. The molecule has 15 heavy (non-hydrogen) atoms. The van der Waals surface area contributed by atoms with E-state index >= 15 is 0 Å². The second-order valence-electron chi connectivity index (χ2n) is 5.53. The van der Waals surface area contributed by atoms with Crippen molar-refractivity contribution in [3.63, 3.8) is 0 Å². The Labute approximate surface area is 91.7 Å². The van der Waals surface area contributed by atoms with Crippen molar-refractivity contribution < 1.29 is 9.53 Å². The summed E-state index contributed by atoms with van der Waals surface area (Å²) >= 11 is 0. The summed E-state index contributed by atoms with van der Waals surface area (Å²) in [4.78, 5) is 11.1. The highest BCUT2D eigenvalue weighted by Crippen LogP contribution is 2.52. The fourth-order valence-electron chi connectivity index (χ4n) is 3.66. The van der Waals surface area contributed by atoms with Crippen molar-refractivity contribution in [2.45, 2.75) is 39.7 Å². The average molecular weight is 208 g/mol. The van der Waals surface area contributed by atoms with E-state index in [0.29, 0.717) is 23.7 Å². The maximum absolute atomic E-state index is 11.1. The summed E-state index contributed by atoms with van der Waals surface area (Å²) < 4.78 is 5.47. The van der Waals surface area contributed by atoms with Gasteiger partial charge in [-0.25, -0.2) is 0 Å². The molecule has 4 unspecified atom stereocenters. The molecule has 0 aromatic carbocycles. The Morgan fingerprint density at radius 2 is 1.93 bits per heavy atom. The van der Waals surface area contributed by atoms with Gasteiger partial charge in [-0.3, -0.25) is 4.79 Å². The van der Waals surface area contributed by atoms with Crippen molar-refractivity contribution in [1.82, 2.24) is 0 Å². The minimum atomic E-state index is -0.324. The number of fused-ring (bicyclic) bond motifs is 2. The summed E-state index contributed by atoms with van der Waals surface area (Å²) in [7, 11) is 0. The molecule has 2 aliphatic carbocycles. The summed E-state index contributed by atoms with van der Waals surface area (Å²) in [5.41, 5.74) is -0.324. The zero-order valence-electron chi connectivity index (χ0n) is 9.99. The first-order chi connectivity index (χ1) is 6.92. The largest absolute Gasteiger partial charge is 0.460 e. The van der Waals surface area contributed by atoms with Crippen LogP contribution in [0.1, 0.15) is 34.1 Å². The molecule has 0 amide bonds. The zero-order chi connectivity index (χ0) is 11.2. The van der Waals surface area contributed by atoms with E-state index in [1.54, 1.807) is 0 Å². The number of esters is 1. The molecule has 84 valence electrons. The molecule has 0 heterocycles. The molecule has 0 aromatic heterocycles. The van der Waals surface area contributed by atoms with Gasteiger partial charge in [0.05, 0.1) is 0 Å². The van der Waals surface area contributed by atoms with Crippen LogP contribution in [0, 0.1) is 23.7 Å². The Morgan fingerprint density at radius 1 is 1.33 bits per heavy atom. The Bertz CT molecular complexity index is 304. The van der Waals surface area contributed by atoms with Gasteiger partial charge < -0.3 is 4.74 Å². The number of carbonyl (C=O) groups excluding carboxylic acids is 1. The van der Waals surface area contributed by atoms with E-state index in [2.05, 4.69) is 19.1 Å². The van der Waals surface area contributed by atoms with Crippen LogP contribution in [0.3, 0.4) is 0 Å². The van der Waals surface area contributed by atoms with Crippen LogP contribution in [-0.4, -0.2) is 11.6 Å². The van der Waals surface area contributed by atoms with Crippen LogP contribution >= 0.6 is 0 Å². The standard InChI is InChI=1S/C13H20O2/c1-8-10-5-6-11(7-10)12(8)13(3,4)15-9(2)14/h5-6,8,10-12H,7H2,1-4H3. The third-order valence-electron chi connectivity index (χ3n) is 4.06. The smallest absolute Gasteiger partial charge is 0.303 e. The van der Waals surface area contributed by atoms with Crippen molar-refractivity contribution in [3.8, 4) is 0 Å². The molecule has 0 aromatic rings. The van der Waals surface area contributed by atoms with E-state index < -0.39 is 0 Å². The van der Waals surface area contributed by atoms with E-state index in [0.717, 1.165) is 0 Å². The van der Waals surface area contributed by atoms with Crippen LogP contribution in [0.4, 0.5) is 0 Å². The molecular formula is C13H20O2. The Balaban J connectivity index is 2.17. The first kappa shape index (κ1) is 10.7. The quantitative estimate of drug-likeness (QED) is 0.515. The van der Waals surface area contributed by atoms with Crippen LogP contribution in [0.15, 0.2) is 12.2 Å². The molecule has 2 aliphatic rings. The number of rotatable bonds is 2. The van der Waals surface area contributed by atoms with Gasteiger partial charge in [0.25, 0.3) is 0 Å². The molecule has 2 heteroatoms. The van der Waals surface area contributed by atoms with E-state index in [1.165, 1.54) is 13.3 Å². The van der Waals surface area contributed by atoms with E-state index in [4.69, 9.17) is 4.74 Å². The molecule has 0 spiro atoms. The summed E-state index contributed by atoms with van der Waals surface area (Å²) in [6, 6.07) is 0. The molecule has 4 atom stereocenters. The van der Waals surface area contributed by atoms with Gasteiger partial charge in [-0.1, -0.05) is 19.1 Å². The molecule has 0 aliphatic heterocycles. The lowest BCUT2D eigenvalue weighted by molar-refractivity contribution is -0.161. The van der Waals surface area contributed by atoms with Gasteiger partial charge in [0.2, 0.25) is 0 Å². The van der Waals surface area contributed by atoms with Gasteiger partial charge in [-0.05, 0) is 38.0 Å². The van der Waals surface area contributed by atoms with Crippen LogP contribution in [0.2, 0.25) is 0 Å². The van der Waals surface area contributed by atoms with Gasteiger partial charge in [-0.15, -0.1) is 0 Å². The second-order valence-corrected chi connectivity index (χ2v) is 5.53. The van der Waals surface area contributed by atoms with Crippen LogP contribution < -0.4 is 0 Å². The SMILES string of the molecule is CC(=O)OC(C)(C)C1C2C=CC(C2)C1C. The van der Waals surface area contributed by atoms with Crippen molar-refractivity contribution in [2.24, 2.45) is 23.7 Å². The number of ether oxygens (including phenoxy) is 1. The van der Waals surface area contributed by atoms with Crippen molar-refractivity contribution >= 4 is 5.97 Å². The van der Waals surface area contributed by atoms with E-state index in [1.807, 2.05) is 13.8 Å². The lowest BCUT2D eigenvalue weighted by Gasteiger charge is -2.38. The lowest BCUT2D eigenvalue weighted by Crippen LogP contribution is -2.41. The summed E-state index contributed by atoms with van der Waals surface area (Å²) in [6.45, 7) is 7.87. The molecule has 2 nitrogen and oxygen atoms in total. The minimum absolute atomic E-state index is 0.168. The number of allylic oxidation sites excluding steroid dienone is 2. The van der Waals surface area contributed by atoms with Gasteiger partial charge in [0.1, 0.15) is 5.60 Å². The maximum Gasteiger partial charge on any atom is 0.303 e. The van der Waals surface area contributed by atoms with Gasteiger partial charge in [0.15, 0.2) is 0 Å². The molecule has 2 bridgehead atoms. The number of carbonyl (C=O) groups is 1. The van der Waals surface area contributed by atoms with E-state index in [9.17, 15) is 4.79 Å². The Morgan fingerprint density at radius 3 is 2.40 bits per heavy atom. The molecule has 1 saturated carbocycles. The highest BCUT2D eigenvalue weighted by atomic mass is 16.6. The molecule has 0 saturated heterocycles. The Kier molecular flexibility index (Phi) is 2.40. The van der Waals surface area contributed by atoms with Crippen molar-refractivity contribution in [2.75, 3.05) is 0 Å². The maximum atomic E-state index is 11.1. The molecule has 0 radical (unpaired) electrons. The number of hydrogen-bond donors (Lipinski definition) is 0. The van der Waals surface area contributed by atoms with Crippen molar-refractivity contribution in [3.05, 3.63) is 12.2 Å². The predicted molar refractivity (Wildman–Crippen MR) is 59.2 cm³/mol. The summed E-state index contributed by atoms with van der Waals surface area (Å²) in [6.07, 6.45) is 5.88. The highest BCUT2D eigenvalue weighted by molar-refractivity contribution is 5.66. The van der Waals surface area contributed by atoms with Crippen LogP contribution in [0.5, 0.6) is 0 Å². The lowest BCUT2D eigenvalue weighted by atomic mass is 9.74. The van der Waals surface area contributed by atoms with Gasteiger partial charge in [-0.2, -0.15) is 0 Å². The minimum Gasteiger partial charge on any atom is -0.460 e. The molecule has 0 N–H and O–H groups in total. The molecule has 2 rings (SSSR count). The summed E-state index contributed by atoms with van der Waals surface area (Å²) in [5.74, 6) is 2.26. The normalized spacial score (nSPS) is 38.4. The summed E-state index contributed by atoms with van der Waals surface area (Å²) in [5, 5.41) is 0. The van der Waals surface area contributed by atoms with E-state index in [-0.39, 0.29) is 11.6 Å². The van der Waals surface area contributed by atoms with Gasteiger partial charge in [0, 0.05) is 12.8 Å². The molecular weight excluding hydrogens is 188 g/mol. The zero-order valence-corrected chi connectivity index (χ0v) is 9.99. The third kappa shape index (κ3) is 1.70. The molecule has 1 fully saturated rings. The van der Waals surface area contributed by atoms with Crippen LogP contribution in [-0.2, 0) is 9.53 Å². The number of hydrogen-bond acceptors (Lipinski definition) is 2. The van der Waals surface area contributed by atoms with Crippen LogP contribution in [0.25, 0.3) is 0 Å². The average Bonchev–Trinajstić information content (AvgIpc) is 2.59. The fraction of sp³-hybridized carbons (Fsp3) is 0.769. The topological polar surface area (TPSA) is 26.3 Å². The fourth-order valence-corrected chi connectivity index (χ4v) is 3.66. The highest BCUT2D eigenvalue weighted by Gasteiger charge is 2.50. The third-order valence-corrected chi connectivity index (χ3v) is 4.06. The first-order valence-electron chi connectivity index (χ1n) is 5.79. The van der Waals surface area contributed by atoms with Gasteiger partial charge >= 0.3 is 5.97 Å². The first-order valence-corrected chi connectivity index (χ1v) is 5.79. The van der Waals surface area contributed by atoms with Crippen molar-refractivity contribution in [1.29, 1.82) is 0 Å². The second kappa shape index (κ2) is 3.36.